The maximum absolute atomic E-state index is 12.4. The summed E-state index contributed by atoms with van der Waals surface area (Å²) in [6.07, 6.45) is 2.02. The highest BCUT2D eigenvalue weighted by atomic mass is 35.5. The molecule has 2 aliphatic heterocycles. The summed E-state index contributed by atoms with van der Waals surface area (Å²) in [4.78, 5) is 14.3. The molecule has 1 aromatic rings. The smallest absolute Gasteiger partial charge is 0.239 e. The number of aliphatic hydroxyl groups excluding tert-OH is 1. The van der Waals surface area contributed by atoms with E-state index in [0.717, 1.165) is 25.9 Å². The number of halogens is 1. The topological polar surface area (TPSA) is 52.6 Å². The molecule has 0 spiro atoms. The highest BCUT2D eigenvalue weighted by Crippen LogP contribution is 2.17. The first-order chi connectivity index (χ1) is 9.24. The van der Waals surface area contributed by atoms with Crippen LogP contribution >= 0.6 is 12.4 Å². The normalized spacial score (nSPS) is 25.6. The largest absolute Gasteiger partial charge is 0.392 e. The van der Waals surface area contributed by atoms with Crippen LogP contribution in [-0.4, -0.2) is 47.7 Å². The van der Waals surface area contributed by atoms with Crippen LogP contribution < -0.4 is 5.32 Å². The Bertz CT molecular complexity index is 454. The van der Waals surface area contributed by atoms with E-state index in [1.807, 2.05) is 4.90 Å². The fourth-order valence-electron chi connectivity index (χ4n) is 3.01. The van der Waals surface area contributed by atoms with Crippen LogP contribution in [0, 0.1) is 0 Å². The average Bonchev–Trinajstić information content (AvgIpc) is 2.74. The first kappa shape index (κ1) is 15.3. The quantitative estimate of drug-likeness (QED) is 0.804. The summed E-state index contributed by atoms with van der Waals surface area (Å²) in [5.74, 6) is 0.143. The summed E-state index contributed by atoms with van der Waals surface area (Å²) in [5.41, 5.74) is 2.72. The van der Waals surface area contributed by atoms with Gasteiger partial charge in [0.25, 0.3) is 0 Å². The molecule has 1 fully saturated rings. The minimum Gasteiger partial charge on any atom is -0.392 e. The van der Waals surface area contributed by atoms with E-state index in [-0.39, 0.29) is 30.5 Å². The predicted molar refractivity (Wildman–Crippen MR) is 80.1 cm³/mol. The molecule has 0 aliphatic carbocycles. The molecule has 20 heavy (non-hydrogen) atoms. The first-order valence-corrected chi connectivity index (χ1v) is 7.01. The molecular formula is C15H21ClN2O2. The molecule has 5 heteroatoms. The zero-order valence-corrected chi connectivity index (χ0v) is 12.2. The summed E-state index contributed by atoms with van der Waals surface area (Å²) in [6.45, 7) is 2.10. The van der Waals surface area contributed by atoms with Crippen LogP contribution in [0.5, 0.6) is 0 Å². The minimum atomic E-state index is -0.377. The SMILES string of the molecule is Cl.O=C([C@@H]1C[C@@H](O)CN1)N1CCc2ccccc2CC1. The number of nitrogens with zero attached hydrogens (tertiary/aromatic N) is 1. The molecule has 1 amide bonds. The monoisotopic (exact) mass is 296 g/mol. The van der Waals surface area contributed by atoms with Gasteiger partial charge in [-0.25, -0.2) is 0 Å². The van der Waals surface area contributed by atoms with Crippen molar-refractivity contribution in [1.82, 2.24) is 10.2 Å². The van der Waals surface area contributed by atoms with Crippen molar-refractivity contribution in [3.05, 3.63) is 35.4 Å². The van der Waals surface area contributed by atoms with Crippen molar-refractivity contribution in [3.8, 4) is 0 Å². The predicted octanol–water partition coefficient (Wildman–Crippen LogP) is 0.758. The van der Waals surface area contributed by atoms with E-state index < -0.39 is 0 Å². The minimum absolute atomic E-state index is 0. The van der Waals surface area contributed by atoms with E-state index in [9.17, 15) is 9.90 Å². The lowest BCUT2D eigenvalue weighted by Gasteiger charge is -2.23. The van der Waals surface area contributed by atoms with Gasteiger partial charge in [0.2, 0.25) is 5.91 Å². The standard InChI is InChI=1S/C15H20N2O2.ClH/c18-13-9-14(16-10-13)15(19)17-7-5-11-3-1-2-4-12(11)6-8-17;/h1-4,13-14,16,18H,5-10H2;1H/t13-,14+;/m1./s1. The lowest BCUT2D eigenvalue weighted by atomic mass is 10.0. The molecule has 4 nitrogen and oxygen atoms in total. The number of carbonyl (C=O) groups is 1. The van der Waals surface area contributed by atoms with E-state index in [1.165, 1.54) is 11.1 Å². The van der Waals surface area contributed by atoms with Gasteiger partial charge in [0.1, 0.15) is 0 Å². The Kier molecular flexibility index (Phi) is 5.02. The van der Waals surface area contributed by atoms with Crippen molar-refractivity contribution < 1.29 is 9.90 Å². The van der Waals surface area contributed by atoms with Gasteiger partial charge in [-0.2, -0.15) is 0 Å². The Morgan fingerprint density at radius 1 is 1.20 bits per heavy atom. The van der Waals surface area contributed by atoms with Crippen molar-refractivity contribution in [2.45, 2.75) is 31.4 Å². The van der Waals surface area contributed by atoms with Gasteiger partial charge in [-0.1, -0.05) is 24.3 Å². The summed E-state index contributed by atoms with van der Waals surface area (Å²) in [5, 5.41) is 12.6. The van der Waals surface area contributed by atoms with E-state index in [4.69, 9.17) is 0 Å². The maximum atomic E-state index is 12.4. The lowest BCUT2D eigenvalue weighted by Crippen LogP contribution is -2.44. The number of nitrogens with one attached hydrogen (secondary N) is 1. The molecule has 2 N–H and O–H groups in total. The van der Waals surface area contributed by atoms with Crippen LogP contribution in [0.4, 0.5) is 0 Å². The van der Waals surface area contributed by atoms with Gasteiger partial charge in [-0.15, -0.1) is 12.4 Å². The van der Waals surface area contributed by atoms with Gasteiger partial charge in [-0.05, 0) is 30.4 Å². The number of amides is 1. The zero-order valence-electron chi connectivity index (χ0n) is 11.4. The second-order valence-electron chi connectivity index (χ2n) is 5.44. The van der Waals surface area contributed by atoms with Crippen molar-refractivity contribution in [3.63, 3.8) is 0 Å². The molecule has 2 aliphatic rings. The molecule has 2 atom stereocenters. The second-order valence-corrected chi connectivity index (χ2v) is 5.44. The summed E-state index contributed by atoms with van der Waals surface area (Å²) in [6, 6.07) is 8.23. The van der Waals surface area contributed by atoms with Gasteiger partial charge in [0.15, 0.2) is 0 Å². The Morgan fingerprint density at radius 2 is 1.80 bits per heavy atom. The van der Waals surface area contributed by atoms with Gasteiger partial charge in [-0.3, -0.25) is 4.79 Å². The molecule has 3 rings (SSSR count). The van der Waals surface area contributed by atoms with Crippen LogP contribution in [-0.2, 0) is 17.6 Å². The van der Waals surface area contributed by atoms with E-state index in [1.54, 1.807) is 0 Å². The van der Waals surface area contributed by atoms with Gasteiger partial charge >= 0.3 is 0 Å². The molecule has 0 bridgehead atoms. The summed E-state index contributed by atoms with van der Waals surface area (Å²) in [7, 11) is 0. The number of fused-ring (bicyclic) bond motifs is 1. The van der Waals surface area contributed by atoms with Gasteiger partial charge in [0, 0.05) is 19.6 Å². The van der Waals surface area contributed by atoms with E-state index in [0.29, 0.717) is 13.0 Å². The molecule has 1 aromatic carbocycles. The van der Waals surface area contributed by atoms with Crippen LogP contribution in [0.1, 0.15) is 17.5 Å². The van der Waals surface area contributed by atoms with Gasteiger partial charge < -0.3 is 15.3 Å². The van der Waals surface area contributed by atoms with Crippen molar-refractivity contribution in [2.24, 2.45) is 0 Å². The molecule has 0 unspecified atom stereocenters. The first-order valence-electron chi connectivity index (χ1n) is 7.01. The number of aliphatic hydroxyl groups is 1. The third-order valence-corrected chi connectivity index (χ3v) is 4.14. The summed E-state index contributed by atoms with van der Waals surface area (Å²) < 4.78 is 0. The Morgan fingerprint density at radius 3 is 2.30 bits per heavy atom. The molecule has 0 aromatic heterocycles. The molecule has 110 valence electrons. The molecule has 0 radical (unpaired) electrons. The highest BCUT2D eigenvalue weighted by Gasteiger charge is 2.31. The molecule has 1 saturated heterocycles. The number of hydrogen-bond donors (Lipinski definition) is 2. The fourth-order valence-corrected chi connectivity index (χ4v) is 3.01. The third-order valence-electron chi connectivity index (χ3n) is 4.14. The van der Waals surface area contributed by atoms with Crippen molar-refractivity contribution >= 4 is 18.3 Å². The van der Waals surface area contributed by atoms with E-state index >= 15 is 0 Å². The number of benzene rings is 1. The number of carbonyl (C=O) groups excluding carboxylic acids is 1. The van der Waals surface area contributed by atoms with Crippen LogP contribution in [0.25, 0.3) is 0 Å². The molecular weight excluding hydrogens is 276 g/mol. The number of rotatable bonds is 1. The Labute approximate surface area is 125 Å². The third kappa shape index (κ3) is 3.14. The Hall–Kier alpha value is -1.10. The molecule has 2 heterocycles. The molecule has 0 saturated carbocycles. The average molecular weight is 297 g/mol. The zero-order chi connectivity index (χ0) is 13.2. The van der Waals surface area contributed by atoms with E-state index in [2.05, 4.69) is 29.6 Å². The van der Waals surface area contributed by atoms with Crippen LogP contribution in [0.15, 0.2) is 24.3 Å². The van der Waals surface area contributed by atoms with Crippen LogP contribution in [0.2, 0.25) is 0 Å². The van der Waals surface area contributed by atoms with Crippen molar-refractivity contribution in [1.29, 1.82) is 0 Å². The maximum Gasteiger partial charge on any atom is 0.239 e. The second kappa shape index (κ2) is 6.57. The number of hydrogen-bond acceptors (Lipinski definition) is 3. The Balaban J connectivity index is 0.00000147. The highest BCUT2D eigenvalue weighted by molar-refractivity contribution is 5.85. The fraction of sp³-hybridized carbons (Fsp3) is 0.533. The van der Waals surface area contributed by atoms with Crippen LogP contribution in [0.3, 0.4) is 0 Å². The summed E-state index contributed by atoms with van der Waals surface area (Å²) >= 11 is 0. The lowest BCUT2D eigenvalue weighted by molar-refractivity contribution is -0.133. The van der Waals surface area contributed by atoms with Crippen molar-refractivity contribution in [2.75, 3.05) is 19.6 Å². The number of β-amino-alcohol motifs (C(OH)–C–C–N with tert-alkyl or cyclic N) is 1. The van der Waals surface area contributed by atoms with Gasteiger partial charge in [0.05, 0.1) is 12.1 Å².